The summed E-state index contributed by atoms with van der Waals surface area (Å²) in [5, 5.41) is 0. The van der Waals surface area contributed by atoms with Gasteiger partial charge in [0.25, 0.3) is 0 Å². The summed E-state index contributed by atoms with van der Waals surface area (Å²) in [6.45, 7) is 10.0. The van der Waals surface area contributed by atoms with Gasteiger partial charge in [-0.1, -0.05) is 0 Å². The number of hydrogen-bond acceptors (Lipinski definition) is 0. The molecule has 0 bridgehead atoms. The summed E-state index contributed by atoms with van der Waals surface area (Å²) in [4.78, 5) is 0. The Morgan fingerprint density at radius 3 is 1.00 bits per heavy atom. The van der Waals surface area contributed by atoms with Gasteiger partial charge in [-0.15, -0.1) is 0 Å². The largest absolute Gasteiger partial charge is 1.00 e. The van der Waals surface area contributed by atoms with Crippen LogP contribution in [0.15, 0.2) is 13.2 Å². The first-order chi connectivity index (χ1) is 2.83. The third kappa shape index (κ3) is 16900. The molecule has 0 fully saturated rings. The molecule has 0 aliphatic rings. The third-order valence-corrected chi connectivity index (χ3v) is 0. The molecule has 0 spiro atoms. The van der Waals surface area contributed by atoms with Crippen LogP contribution in [0.1, 0.15) is 13.8 Å². The molecule has 36 valence electrons. The maximum atomic E-state index is 3.24. The first-order valence-electron chi connectivity index (χ1n) is 1.71. The Balaban J connectivity index is -0.0000000400. The molecular weight excluding hydrogens is 79.0 g/mol. The van der Waals surface area contributed by atoms with Crippen LogP contribution >= 0.6 is 0 Å². The Kier molecular flexibility index (Phi) is 81.5. The minimum absolute atomic E-state index is 0. The van der Waals surface area contributed by atoms with Crippen LogP contribution in [0.2, 0.25) is 0 Å². The van der Waals surface area contributed by atoms with E-state index in [9.17, 15) is 0 Å². The zero-order valence-electron chi connectivity index (χ0n) is 5.41. The smallest absolute Gasteiger partial charge is 0.507 e. The molecule has 0 unspecified atom stereocenters. The van der Waals surface area contributed by atoms with Gasteiger partial charge in [0.1, 0.15) is 0 Å². The molecule has 0 aromatic heterocycles. The third-order valence-electron chi connectivity index (χ3n) is 0. The van der Waals surface area contributed by atoms with Gasteiger partial charge in [0.2, 0.25) is 0 Å². The molecule has 0 aliphatic heterocycles. The van der Waals surface area contributed by atoms with Gasteiger partial charge in [0.05, 0.1) is 0 Å². The second-order valence-corrected chi connectivity index (χ2v) is 0.707. The second kappa shape index (κ2) is 36.3. The summed E-state index contributed by atoms with van der Waals surface area (Å²) in [5.74, 6) is 0. The van der Waals surface area contributed by atoms with Gasteiger partial charge < -0.3 is 12.2 Å². The average molecular weight is 89.1 g/mol. The van der Waals surface area contributed by atoms with Gasteiger partial charge in [0, 0.05) is 0 Å². The molecule has 0 amide bonds. The molecule has 0 aromatic rings. The first-order valence-corrected chi connectivity index (χ1v) is 1.71. The molecule has 0 saturated heterocycles. The van der Waals surface area contributed by atoms with E-state index in [2.05, 4.69) is 25.3 Å². The van der Waals surface area contributed by atoms with Crippen molar-refractivity contribution < 1.29 is 18.9 Å². The van der Waals surface area contributed by atoms with Crippen molar-refractivity contribution in [3.63, 3.8) is 0 Å². The van der Waals surface area contributed by atoms with Crippen LogP contribution in [-0.2, 0) is 0 Å². The van der Waals surface area contributed by atoms with Crippen molar-refractivity contribution in [3.8, 4) is 0 Å². The predicted molar refractivity (Wildman–Crippen MR) is 29.1 cm³/mol. The summed E-state index contributed by atoms with van der Waals surface area (Å²) in [7, 11) is 0. The Bertz CT molecular complexity index is 25.2. The Morgan fingerprint density at radius 1 is 1.00 bits per heavy atom. The summed E-state index contributed by atoms with van der Waals surface area (Å²) < 4.78 is 0. The molecule has 0 heterocycles. The van der Waals surface area contributed by atoms with Crippen LogP contribution < -0.4 is 18.9 Å². The Hall–Kier alpha value is 0.0774. The quantitative estimate of drug-likeness (QED) is 0.263. The van der Waals surface area contributed by atoms with Crippen LogP contribution in [0.25, 0.3) is 0 Å². The van der Waals surface area contributed by atoms with Crippen LogP contribution in [0.4, 0.5) is 0 Å². The van der Waals surface area contributed by atoms with Crippen LogP contribution in [-0.4, -0.2) is 0 Å². The maximum Gasteiger partial charge on any atom is 1.00 e. The molecule has 0 rings (SSSR count). The van der Waals surface area contributed by atoms with Gasteiger partial charge >= 0.3 is 18.9 Å². The molecule has 0 nitrogen and oxygen atoms in total. The topological polar surface area (TPSA) is 0 Å². The van der Waals surface area contributed by atoms with E-state index in [0.717, 1.165) is 0 Å². The van der Waals surface area contributed by atoms with E-state index in [-0.39, 0.29) is 18.9 Å². The van der Waals surface area contributed by atoms with E-state index in [1.807, 2.05) is 0 Å². The zero-order valence-corrected chi connectivity index (χ0v) is 5.41. The fraction of sp³-hybridized carbons (Fsp3) is 0.333. The number of hydrogen-bond donors (Lipinski definition) is 0. The van der Waals surface area contributed by atoms with E-state index in [4.69, 9.17) is 0 Å². The summed E-state index contributed by atoms with van der Waals surface area (Å²) in [6.07, 6.45) is 5.00. The van der Waals surface area contributed by atoms with E-state index in [1.165, 1.54) is 0 Å². The van der Waals surface area contributed by atoms with E-state index < -0.39 is 0 Å². The minimum atomic E-state index is 0. The minimum Gasteiger partial charge on any atom is -0.507 e. The SMILES string of the molecule is C=[C-]C.C=[C-]C.[Li+]. The maximum absolute atomic E-state index is 3.24. The van der Waals surface area contributed by atoms with Gasteiger partial charge in [0.15, 0.2) is 0 Å². The van der Waals surface area contributed by atoms with Gasteiger partial charge in [-0.2, -0.15) is 13.8 Å². The Labute approximate surface area is 58.5 Å². The van der Waals surface area contributed by atoms with E-state index >= 15 is 0 Å². The fourth-order valence-corrected chi connectivity index (χ4v) is 0. The standard InChI is InChI=1S/2C3H5.Li/c2*1-3-2;/h2*1H2,2H3;/q2*-1;+1. The van der Waals surface area contributed by atoms with E-state index in [0.29, 0.717) is 0 Å². The molecule has 0 N–H and O–H groups in total. The van der Waals surface area contributed by atoms with Crippen molar-refractivity contribution in [2.75, 3.05) is 0 Å². The van der Waals surface area contributed by atoms with Crippen molar-refractivity contribution in [1.29, 1.82) is 0 Å². The van der Waals surface area contributed by atoms with Crippen molar-refractivity contribution in [1.82, 2.24) is 0 Å². The predicted octanol–water partition coefficient (Wildman–Crippen LogP) is -1.01. The molecule has 0 atom stereocenters. The summed E-state index contributed by atoms with van der Waals surface area (Å²) >= 11 is 0. The zero-order chi connectivity index (χ0) is 5.41. The van der Waals surface area contributed by atoms with Gasteiger partial charge in [-0.05, 0) is 0 Å². The van der Waals surface area contributed by atoms with Crippen molar-refractivity contribution in [3.05, 3.63) is 25.3 Å². The molecule has 0 aliphatic carbocycles. The number of rotatable bonds is 0. The molecule has 7 heavy (non-hydrogen) atoms. The first kappa shape index (κ1) is 15.7. The van der Waals surface area contributed by atoms with E-state index in [1.54, 1.807) is 13.8 Å². The molecule has 0 radical (unpaired) electrons. The molecule has 1 heteroatoms. The van der Waals surface area contributed by atoms with Crippen LogP contribution in [0, 0.1) is 12.2 Å². The molecule has 0 saturated carbocycles. The molecular formula is C6H10Li-. The summed E-state index contributed by atoms with van der Waals surface area (Å²) in [6, 6.07) is 0. The van der Waals surface area contributed by atoms with Crippen LogP contribution in [0.3, 0.4) is 0 Å². The van der Waals surface area contributed by atoms with Crippen molar-refractivity contribution in [2.45, 2.75) is 13.8 Å². The normalized spacial score (nSPS) is 3.71. The fourth-order valence-electron chi connectivity index (χ4n) is 0. The van der Waals surface area contributed by atoms with Crippen molar-refractivity contribution in [2.24, 2.45) is 0 Å². The molecule has 0 aromatic carbocycles. The second-order valence-electron chi connectivity index (χ2n) is 0.707. The Morgan fingerprint density at radius 2 is 1.00 bits per heavy atom. The summed E-state index contributed by atoms with van der Waals surface area (Å²) in [5.41, 5.74) is 0. The van der Waals surface area contributed by atoms with Gasteiger partial charge in [-0.3, -0.25) is 13.2 Å². The number of allylic oxidation sites excluding steroid dienone is 2. The van der Waals surface area contributed by atoms with Gasteiger partial charge in [-0.25, -0.2) is 0 Å². The van der Waals surface area contributed by atoms with Crippen LogP contribution in [0.5, 0.6) is 0 Å². The van der Waals surface area contributed by atoms with Crippen molar-refractivity contribution >= 4 is 0 Å². The monoisotopic (exact) mass is 89.1 g/mol. The average Bonchev–Trinajstić information content (AvgIpc) is 1.39.